The maximum absolute atomic E-state index is 11.5. The van der Waals surface area contributed by atoms with Gasteiger partial charge in [-0.2, -0.15) is 0 Å². The number of nitrogens with two attached hydrogens (primary N) is 2. The van der Waals surface area contributed by atoms with Gasteiger partial charge in [-0.05, 0) is 30.0 Å². The molecule has 2 amide bonds. The molecular formula is C14H19N3O3. The van der Waals surface area contributed by atoms with Crippen molar-refractivity contribution in [1.82, 2.24) is 0 Å². The Labute approximate surface area is 117 Å². The van der Waals surface area contributed by atoms with Gasteiger partial charge < -0.3 is 21.5 Å². The number of fused-ring (bicyclic) bond motifs is 1. The molecule has 0 saturated heterocycles. The summed E-state index contributed by atoms with van der Waals surface area (Å²) in [5.74, 6) is -0.465. The minimum atomic E-state index is -0.512. The zero-order valence-electron chi connectivity index (χ0n) is 11.2. The third-order valence-electron chi connectivity index (χ3n) is 3.22. The number of benzene rings is 1. The summed E-state index contributed by atoms with van der Waals surface area (Å²) >= 11 is 0. The van der Waals surface area contributed by atoms with E-state index in [0.717, 1.165) is 29.7 Å². The maximum Gasteiger partial charge on any atom is 0.243 e. The monoisotopic (exact) mass is 277 g/mol. The highest BCUT2D eigenvalue weighted by Gasteiger charge is 2.15. The van der Waals surface area contributed by atoms with Crippen molar-refractivity contribution in [2.24, 2.45) is 11.5 Å². The quantitative estimate of drug-likeness (QED) is 0.726. The lowest BCUT2D eigenvalue weighted by Crippen LogP contribution is -2.23. The lowest BCUT2D eigenvalue weighted by Gasteiger charge is -2.15. The molecule has 0 aromatic heterocycles. The van der Waals surface area contributed by atoms with Crippen LogP contribution in [-0.2, 0) is 20.7 Å². The summed E-state index contributed by atoms with van der Waals surface area (Å²) in [6.07, 6.45) is 2.21. The lowest BCUT2D eigenvalue weighted by atomic mass is 10.0. The predicted octanol–water partition coefficient (Wildman–Crippen LogP) is 0.463. The van der Waals surface area contributed by atoms with Crippen molar-refractivity contribution in [2.45, 2.75) is 25.3 Å². The van der Waals surface area contributed by atoms with Gasteiger partial charge in [-0.3, -0.25) is 9.59 Å². The first-order valence-corrected chi connectivity index (χ1v) is 6.60. The Morgan fingerprint density at radius 3 is 2.95 bits per heavy atom. The van der Waals surface area contributed by atoms with Crippen LogP contribution in [0, 0.1) is 0 Å². The topological polar surface area (TPSA) is 107 Å². The molecule has 2 rings (SSSR count). The number of hydrogen-bond donors (Lipinski definition) is 3. The van der Waals surface area contributed by atoms with Gasteiger partial charge in [-0.1, -0.05) is 12.1 Å². The fourth-order valence-corrected chi connectivity index (χ4v) is 2.21. The average molecular weight is 277 g/mol. The highest BCUT2D eigenvalue weighted by molar-refractivity contribution is 5.92. The predicted molar refractivity (Wildman–Crippen MR) is 75.0 cm³/mol. The Hall–Kier alpha value is -1.92. The Bertz CT molecular complexity index is 516. The fraction of sp³-hybridized carbons (Fsp3) is 0.429. The van der Waals surface area contributed by atoms with Crippen molar-refractivity contribution in [1.29, 1.82) is 0 Å². The summed E-state index contributed by atoms with van der Waals surface area (Å²) < 4.78 is 5.13. The van der Waals surface area contributed by atoms with Gasteiger partial charge in [0.25, 0.3) is 0 Å². The van der Waals surface area contributed by atoms with Gasteiger partial charge in [-0.25, -0.2) is 0 Å². The third kappa shape index (κ3) is 3.79. The van der Waals surface area contributed by atoms with E-state index in [4.69, 9.17) is 16.2 Å². The second kappa shape index (κ2) is 6.49. The summed E-state index contributed by atoms with van der Waals surface area (Å²) in [5, 5.41) is 2.87. The normalized spacial score (nSPS) is 15.9. The second-order valence-corrected chi connectivity index (χ2v) is 4.91. The molecule has 0 spiro atoms. The number of ether oxygens (including phenoxy) is 1. The highest BCUT2D eigenvalue weighted by atomic mass is 16.5. The van der Waals surface area contributed by atoms with Crippen LogP contribution in [0.1, 0.15) is 30.0 Å². The number of rotatable bonds is 5. The summed E-state index contributed by atoms with van der Waals surface area (Å²) in [5.41, 5.74) is 13.9. The highest BCUT2D eigenvalue weighted by Crippen LogP contribution is 2.25. The Kier molecular flexibility index (Phi) is 4.70. The van der Waals surface area contributed by atoms with Crippen LogP contribution in [0.5, 0.6) is 0 Å². The maximum atomic E-state index is 11.5. The van der Waals surface area contributed by atoms with Crippen LogP contribution in [0.2, 0.25) is 0 Å². The molecule has 1 unspecified atom stereocenters. The molecule has 1 aliphatic rings. The smallest absolute Gasteiger partial charge is 0.243 e. The van der Waals surface area contributed by atoms with Crippen LogP contribution in [0.15, 0.2) is 18.2 Å². The molecular weight excluding hydrogens is 258 g/mol. The van der Waals surface area contributed by atoms with Crippen LogP contribution in [-0.4, -0.2) is 25.0 Å². The average Bonchev–Trinajstić information content (AvgIpc) is 2.57. The van der Waals surface area contributed by atoms with Crippen LogP contribution in [0.25, 0.3) is 0 Å². The molecule has 5 N–H and O–H groups in total. The molecule has 0 radical (unpaired) electrons. The lowest BCUT2D eigenvalue weighted by molar-refractivity contribution is -0.122. The van der Waals surface area contributed by atoms with E-state index in [2.05, 4.69) is 5.32 Å². The van der Waals surface area contributed by atoms with E-state index >= 15 is 0 Å². The molecule has 20 heavy (non-hydrogen) atoms. The second-order valence-electron chi connectivity index (χ2n) is 4.91. The molecule has 1 heterocycles. The minimum absolute atomic E-state index is 0.0468. The summed E-state index contributed by atoms with van der Waals surface area (Å²) in [7, 11) is 0. The van der Waals surface area contributed by atoms with Crippen molar-refractivity contribution in [3.05, 3.63) is 29.3 Å². The van der Waals surface area contributed by atoms with E-state index in [9.17, 15) is 9.59 Å². The molecule has 0 saturated carbocycles. The van der Waals surface area contributed by atoms with Crippen LogP contribution >= 0.6 is 0 Å². The zero-order chi connectivity index (χ0) is 14.5. The van der Waals surface area contributed by atoms with Crippen molar-refractivity contribution < 1.29 is 14.3 Å². The van der Waals surface area contributed by atoms with E-state index in [1.807, 2.05) is 18.2 Å². The Morgan fingerprint density at radius 2 is 2.20 bits per heavy atom. The molecule has 6 heteroatoms. The molecule has 0 aliphatic carbocycles. The minimum Gasteiger partial charge on any atom is -0.370 e. The largest absolute Gasteiger partial charge is 0.370 e. The molecule has 0 bridgehead atoms. The summed E-state index contributed by atoms with van der Waals surface area (Å²) in [4.78, 5) is 22.1. The summed E-state index contributed by atoms with van der Waals surface area (Å²) in [6.45, 7) is 0.1000. The summed E-state index contributed by atoms with van der Waals surface area (Å²) in [6, 6.07) is 5.39. The van der Waals surface area contributed by atoms with Crippen LogP contribution in [0.4, 0.5) is 5.69 Å². The number of nitrogens with one attached hydrogen (secondary N) is 1. The number of primary amides is 1. The van der Waals surface area contributed by atoms with E-state index in [0.29, 0.717) is 6.42 Å². The fourth-order valence-electron chi connectivity index (χ4n) is 2.21. The molecule has 1 aromatic rings. The number of carbonyl (C=O) groups excluding carboxylic acids is 2. The van der Waals surface area contributed by atoms with Crippen molar-refractivity contribution in [2.75, 3.05) is 18.5 Å². The number of hydrogen-bond acceptors (Lipinski definition) is 4. The molecule has 1 aromatic carbocycles. The van der Waals surface area contributed by atoms with Crippen molar-refractivity contribution in [3.63, 3.8) is 0 Å². The Morgan fingerprint density at radius 1 is 1.40 bits per heavy atom. The van der Waals surface area contributed by atoms with Gasteiger partial charge in [0.15, 0.2) is 0 Å². The van der Waals surface area contributed by atoms with Gasteiger partial charge in [0.2, 0.25) is 11.8 Å². The first-order valence-electron chi connectivity index (χ1n) is 6.60. The van der Waals surface area contributed by atoms with Gasteiger partial charge in [0.1, 0.15) is 6.61 Å². The van der Waals surface area contributed by atoms with Crippen LogP contribution < -0.4 is 16.8 Å². The van der Waals surface area contributed by atoms with Gasteiger partial charge in [-0.15, -0.1) is 0 Å². The van der Waals surface area contributed by atoms with Gasteiger partial charge in [0, 0.05) is 12.1 Å². The van der Waals surface area contributed by atoms with E-state index in [1.54, 1.807) is 0 Å². The van der Waals surface area contributed by atoms with Gasteiger partial charge in [0.05, 0.1) is 12.6 Å². The van der Waals surface area contributed by atoms with E-state index in [1.165, 1.54) is 0 Å². The van der Waals surface area contributed by atoms with Crippen LogP contribution in [0.3, 0.4) is 0 Å². The van der Waals surface area contributed by atoms with E-state index < -0.39 is 5.91 Å². The molecule has 108 valence electrons. The molecule has 0 fully saturated rings. The van der Waals surface area contributed by atoms with E-state index in [-0.39, 0.29) is 25.2 Å². The number of carbonyl (C=O) groups is 2. The SMILES string of the molecule is NC(=O)COCC(N)c1ccc2c(c1)CCCC(=O)N2. The third-order valence-corrected chi connectivity index (χ3v) is 3.22. The number of amides is 2. The van der Waals surface area contributed by atoms with Crippen molar-refractivity contribution in [3.8, 4) is 0 Å². The number of anilines is 1. The van der Waals surface area contributed by atoms with Crippen molar-refractivity contribution >= 4 is 17.5 Å². The first-order chi connectivity index (χ1) is 9.56. The molecule has 6 nitrogen and oxygen atoms in total. The molecule has 1 atom stereocenters. The number of aryl methyl sites for hydroxylation is 1. The zero-order valence-corrected chi connectivity index (χ0v) is 11.2. The first kappa shape index (κ1) is 14.5. The standard InChI is InChI=1S/C14H19N3O3/c15-11(7-20-8-13(16)18)9-4-5-12-10(6-9)2-1-3-14(19)17-12/h4-6,11H,1-3,7-8,15H2,(H2,16,18)(H,17,19). The Balaban J connectivity index is 2.04. The van der Waals surface area contributed by atoms with Gasteiger partial charge >= 0.3 is 0 Å². The molecule has 1 aliphatic heterocycles.